The maximum Gasteiger partial charge on any atom is 0.337 e. The SMILES string of the molecule is CCOC(=O)[C@H](C)OC(C)(C)C(=O)OCC. The van der Waals surface area contributed by atoms with Gasteiger partial charge in [-0.05, 0) is 34.6 Å². The molecule has 0 aliphatic heterocycles. The molecule has 0 aliphatic rings. The third kappa shape index (κ3) is 4.61. The first-order valence-corrected chi connectivity index (χ1v) is 5.36. The van der Waals surface area contributed by atoms with Crippen molar-refractivity contribution in [2.24, 2.45) is 0 Å². The van der Waals surface area contributed by atoms with E-state index in [0.717, 1.165) is 0 Å². The van der Waals surface area contributed by atoms with Gasteiger partial charge in [-0.3, -0.25) is 0 Å². The van der Waals surface area contributed by atoms with Gasteiger partial charge in [0.05, 0.1) is 13.2 Å². The molecule has 0 unspecified atom stereocenters. The quantitative estimate of drug-likeness (QED) is 0.646. The molecule has 0 radical (unpaired) electrons. The fraction of sp³-hybridized carbons (Fsp3) is 0.818. The van der Waals surface area contributed by atoms with Gasteiger partial charge in [0.2, 0.25) is 0 Å². The van der Waals surface area contributed by atoms with Crippen LogP contribution in [0.1, 0.15) is 34.6 Å². The second-order valence-electron chi connectivity index (χ2n) is 3.74. The van der Waals surface area contributed by atoms with E-state index in [9.17, 15) is 9.59 Å². The van der Waals surface area contributed by atoms with Gasteiger partial charge in [-0.2, -0.15) is 0 Å². The van der Waals surface area contributed by atoms with Crippen molar-refractivity contribution in [1.82, 2.24) is 0 Å². The van der Waals surface area contributed by atoms with Crippen molar-refractivity contribution in [3.05, 3.63) is 0 Å². The molecule has 0 rings (SSSR count). The van der Waals surface area contributed by atoms with Crippen molar-refractivity contribution in [3.63, 3.8) is 0 Å². The molecule has 0 aromatic rings. The summed E-state index contributed by atoms with van der Waals surface area (Å²) < 4.78 is 14.9. The van der Waals surface area contributed by atoms with Crippen LogP contribution in [-0.2, 0) is 23.8 Å². The van der Waals surface area contributed by atoms with E-state index in [1.54, 1.807) is 34.6 Å². The van der Waals surface area contributed by atoms with Crippen molar-refractivity contribution < 1.29 is 23.8 Å². The van der Waals surface area contributed by atoms with Crippen LogP contribution in [0.3, 0.4) is 0 Å². The number of carbonyl (C=O) groups is 2. The molecule has 0 spiro atoms. The van der Waals surface area contributed by atoms with E-state index in [0.29, 0.717) is 0 Å². The zero-order valence-corrected chi connectivity index (χ0v) is 10.5. The van der Waals surface area contributed by atoms with Gasteiger partial charge in [0, 0.05) is 0 Å². The summed E-state index contributed by atoms with van der Waals surface area (Å²) in [5.74, 6) is -0.981. The van der Waals surface area contributed by atoms with E-state index in [1.165, 1.54) is 0 Å². The summed E-state index contributed by atoms with van der Waals surface area (Å²) >= 11 is 0. The molecule has 0 aliphatic carbocycles. The van der Waals surface area contributed by atoms with Gasteiger partial charge in [-0.15, -0.1) is 0 Å². The van der Waals surface area contributed by atoms with Crippen LogP contribution < -0.4 is 0 Å². The Bertz CT molecular complexity index is 247. The lowest BCUT2D eigenvalue weighted by Gasteiger charge is -2.25. The first-order valence-electron chi connectivity index (χ1n) is 5.36. The van der Waals surface area contributed by atoms with Crippen LogP contribution in [0.4, 0.5) is 0 Å². The molecular weight excluding hydrogens is 212 g/mol. The average Bonchev–Trinajstić information content (AvgIpc) is 2.17. The van der Waals surface area contributed by atoms with Gasteiger partial charge < -0.3 is 14.2 Å². The largest absolute Gasteiger partial charge is 0.464 e. The second-order valence-corrected chi connectivity index (χ2v) is 3.74. The lowest BCUT2D eigenvalue weighted by molar-refractivity contribution is -0.182. The van der Waals surface area contributed by atoms with Gasteiger partial charge in [-0.1, -0.05) is 0 Å². The molecule has 1 atom stereocenters. The number of hydrogen-bond donors (Lipinski definition) is 0. The highest BCUT2D eigenvalue weighted by Gasteiger charge is 2.34. The molecule has 0 aromatic heterocycles. The molecule has 0 N–H and O–H groups in total. The molecule has 0 saturated heterocycles. The van der Waals surface area contributed by atoms with Gasteiger partial charge in [0.1, 0.15) is 0 Å². The average molecular weight is 232 g/mol. The molecule has 0 heterocycles. The topological polar surface area (TPSA) is 61.8 Å². The predicted octanol–water partition coefficient (Wildman–Crippen LogP) is 1.30. The Kier molecular flexibility index (Phi) is 6.03. The number of rotatable bonds is 6. The van der Waals surface area contributed by atoms with Crippen molar-refractivity contribution in [2.75, 3.05) is 13.2 Å². The summed E-state index contributed by atoms with van der Waals surface area (Å²) in [5, 5.41) is 0. The molecule has 16 heavy (non-hydrogen) atoms. The van der Waals surface area contributed by atoms with E-state index in [2.05, 4.69) is 0 Å². The summed E-state index contributed by atoms with van der Waals surface area (Å²) in [4.78, 5) is 22.8. The lowest BCUT2D eigenvalue weighted by Crippen LogP contribution is -2.42. The van der Waals surface area contributed by atoms with Crippen LogP contribution in [-0.4, -0.2) is 36.9 Å². The minimum absolute atomic E-state index is 0.277. The van der Waals surface area contributed by atoms with Gasteiger partial charge in [0.25, 0.3) is 0 Å². The zero-order chi connectivity index (χ0) is 12.8. The maximum atomic E-state index is 11.5. The van der Waals surface area contributed by atoms with Crippen LogP contribution in [0.2, 0.25) is 0 Å². The fourth-order valence-electron chi connectivity index (χ4n) is 1.10. The van der Waals surface area contributed by atoms with Crippen LogP contribution in [0.25, 0.3) is 0 Å². The molecule has 0 saturated carbocycles. The molecular formula is C11H20O5. The van der Waals surface area contributed by atoms with Crippen LogP contribution >= 0.6 is 0 Å². The fourth-order valence-corrected chi connectivity index (χ4v) is 1.10. The molecule has 5 nitrogen and oxygen atoms in total. The maximum absolute atomic E-state index is 11.5. The number of hydrogen-bond acceptors (Lipinski definition) is 5. The van der Waals surface area contributed by atoms with Crippen LogP contribution in [0.15, 0.2) is 0 Å². The van der Waals surface area contributed by atoms with E-state index >= 15 is 0 Å². The first-order chi connectivity index (χ1) is 7.35. The molecule has 5 heteroatoms. The van der Waals surface area contributed by atoms with E-state index in [4.69, 9.17) is 14.2 Å². The second kappa shape index (κ2) is 6.48. The lowest BCUT2D eigenvalue weighted by atomic mass is 10.1. The Balaban J connectivity index is 4.34. The number of ether oxygens (including phenoxy) is 3. The number of carbonyl (C=O) groups excluding carboxylic acids is 2. The standard InChI is InChI=1S/C11H20O5/c1-6-14-9(12)8(3)16-11(4,5)10(13)15-7-2/h8H,6-7H2,1-5H3/t8-/m0/s1. The molecule has 0 aromatic carbocycles. The minimum atomic E-state index is -1.15. The third-order valence-corrected chi connectivity index (χ3v) is 1.86. The Labute approximate surface area is 96.1 Å². The summed E-state index contributed by atoms with van der Waals surface area (Å²) in [5.41, 5.74) is -1.15. The summed E-state index contributed by atoms with van der Waals surface area (Å²) in [6, 6.07) is 0. The third-order valence-electron chi connectivity index (χ3n) is 1.86. The van der Waals surface area contributed by atoms with Crippen molar-refractivity contribution >= 4 is 11.9 Å². The van der Waals surface area contributed by atoms with E-state index in [-0.39, 0.29) is 13.2 Å². The molecule has 0 fully saturated rings. The van der Waals surface area contributed by atoms with E-state index < -0.39 is 23.6 Å². The zero-order valence-electron chi connectivity index (χ0n) is 10.5. The van der Waals surface area contributed by atoms with Gasteiger partial charge >= 0.3 is 11.9 Å². The van der Waals surface area contributed by atoms with Crippen molar-refractivity contribution in [2.45, 2.75) is 46.3 Å². The highest BCUT2D eigenvalue weighted by molar-refractivity contribution is 5.80. The molecule has 0 amide bonds. The normalized spacial score (nSPS) is 13.1. The Hall–Kier alpha value is -1.10. The summed E-state index contributed by atoms with van der Waals surface area (Å²) in [6.45, 7) is 8.63. The summed E-state index contributed by atoms with van der Waals surface area (Å²) in [6.07, 6.45) is -0.792. The Morgan fingerprint density at radius 2 is 1.62 bits per heavy atom. The molecule has 94 valence electrons. The Morgan fingerprint density at radius 1 is 1.12 bits per heavy atom. The van der Waals surface area contributed by atoms with Crippen molar-refractivity contribution in [1.29, 1.82) is 0 Å². The smallest absolute Gasteiger partial charge is 0.337 e. The van der Waals surface area contributed by atoms with Crippen LogP contribution in [0.5, 0.6) is 0 Å². The van der Waals surface area contributed by atoms with Crippen molar-refractivity contribution in [3.8, 4) is 0 Å². The monoisotopic (exact) mass is 232 g/mol. The van der Waals surface area contributed by atoms with Crippen LogP contribution in [0, 0.1) is 0 Å². The van der Waals surface area contributed by atoms with Gasteiger partial charge in [0.15, 0.2) is 11.7 Å². The van der Waals surface area contributed by atoms with Gasteiger partial charge in [-0.25, -0.2) is 9.59 Å². The highest BCUT2D eigenvalue weighted by atomic mass is 16.6. The number of esters is 2. The highest BCUT2D eigenvalue weighted by Crippen LogP contribution is 2.15. The molecule has 0 bridgehead atoms. The minimum Gasteiger partial charge on any atom is -0.464 e. The predicted molar refractivity (Wildman–Crippen MR) is 57.9 cm³/mol. The summed E-state index contributed by atoms with van der Waals surface area (Å²) in [7, 11) is 0. The first kappa shape index (κ1) is 14.9. The Morgan fingerprint density at radius 3 is 2.06 bits per heavy atom. The van der Waals surface area contributed by atoms with E-state index in [1.807, 2.05) is 0 Å².